The van der Waals surface area contributed by atoms with Crippen molar-refractivity contribution in [3.05, 3.63) is 0 Å². The fourth-order valence-electron chi connectivity index (χ4n) is 0.928. The predicted molar refractivity (Wildman–Crippen MR) is 46.8 cm³/mol. The van der Waals surface area contributed by atoms with Gasteiger partial charge in [-0.15, -0.1) is 0 Å². The summed E-state index contributed by atoms with van der Waals surface area (Å²) in [5, 5.41) is 28.0. The van der Waals surface area contributed by atoms with E-state index in [4.69, 9.17) is 12.6 Å². The number of hydrogen-bond acceptors (Lipinski definition) is 6. The first-order chi connectivity index (χ1) is 7.58. The summed E-state index contributed by atoms with van der Waals surface area (Å²) in [5.41, 5.74) is 0. The average molecular weight is 210 g/mol. The van der Waals surface area contributed by atoms with Crippen molar-refractivity contribution in [2.24, 2.45) is 0 Å². The summed E-state index contributed by atoms with van der Waals surface area (Å²) in [6, 6.07) is 0. The Bertz CT molecular complexity index is 193. The average Bonchev–Trinajstić information content (AvgIpc) is 2.30. The van der Waals surface area contributed by atoms with Gasteiger partial charge in [0.2, 0.25) is 0 Å². The van der Waals surface area contributed by atoms with Crippen molar-refractivity contribution in [3.8, 4) is 0 Å². The smallest absolute Gasteiger partial charge is 0.151 e. The van der Waals surface area contributed by atoms with E-state index in [1.54, 1.807) is 0 Å². The molecule has 0 rings (SSSR count). The van der Waals surface area contributed by atoms with Crippen LogP contribution in [0.2, 0.25) is 0 Å². The molecule has 0 amide bonds. The summed E-state index contributed by atoms with van der Waals surface area (Å²) in [6.45, 7) is -0.295. The van der Waals surface area contributed by atoms with Gasteiger partial charge in [-0.2, -0.15) is 0 Å². The number of carbonyl (C=O) groups excluding carboxylic acids is 1. The number of aliphatic hydroxyl groups is 3. The molecule has 0 heterocycles. The maximum Gasteiger partial charge on any atom is 0.151 e. The van der Waals surface area contributed by atoms with E-state index in [0.717, 1.165) is 0 Å². The van der Waals surface area contributed by atoms with Gasteiger partial charge in [0, 0.05) is 14.2 Å². The Hall–Kier alpha value is -0.530. The molecule has 14 heavy (non-hydrogen) atoms. The number of aliphatic hydroxyl groups excluding tert-OH is 3. The van der Waals surface area contributed by atoms with E-state index in [1.165, 1.54) is 0 Å². The lowest BCUT2D eigenvalue weighted by Gasteiger charge is -2.26. The summed E-state index contributed by atoms with van der Waals surface area (Å²) in [7, 11) is -0.928. The topological polar surface area (TPSA) is 96.2 Å². The highest BCUT2D eigenvalue weighted by atomic mass is 16.5. The van der Waals surface area contributed by atoms with Crippen molar-refractivity contribution in [1.82, 2.24) is 0 Å². The van der Waals surface area contributed by atoms with Crippen LogP contribution < -0.4 is 0 Å². The van der Waals surface area contributed by atoms with E-state index in [-0.39, 0.29) is 20.0 Å². The van der Waals surface area contributed by atoms with Crippen LogP contribution in [0.4, 0.5) is 0 Å². The molecule has 0 aromatic rings. The largest absolute Gasteiger partial charge is 0.388 e. The van der Waals surface area contributed by atoms with Crippen LogP contribution in [0.15, 0.2) is 0 Å². The van der Waals surface area contributed by atoms with Gasteiger partial charge in [0.15, 0.2) is 6.29 Å². The van der Waals surface area contributed by atoms with Crippen LogP contribution in [0, 0.1) is 0 Å². The summed E-state index contributed by atoms with van der Waals surface area (Å²) < 4.78 is 22.8. The number of hydrogen-bond donors (Lipinski definition) is 3. The van der Waals surface area contributed by atoms with E-state index in [9.17, 15) is 15.0 Å². The molecule has 0 aromatic carbocycles. The molecule has 6 nitrogen and oxygen atoms in total. The SMILES string of the molecule is [2H]COC[C@@H](O)[C@@H](OC[2H])[C@H](O)[C@H](O)C=O. The second kappa shape index (κ2) is 6.86. The first-order valence-corrected chi connectivity index (χ1v) is 3.85. The van der Waals surface area contributed by atoms with Crippen LogP contribution in [0.5, 0.6) is 0 Å². The summed E-state index contributed by atoms with van der Waals surface area (Å²) >= 11 is 0. The Morgan fingerprint density at radius 3 is 2.64 bits per heavy atom. The normalized spacial score (nSPS) is 21.6. The lowest BCUT2D eigenvalue weighted by atomic mass is 10.0. The Morgan fingerprint density at radius 1 is 1.43 bits per heavy atom. The highest BCUT2D eigenvalue weighted by Gasteiger charge is 2.31. The molecular weight excluding hydrogens is 192 g/mol. The van der Waals surface area contributed by atoms with E-state index >= 15 is 0 Å². The van der Waals surface area contributed by atoms with Crippen molar-refractivity contribution in [1.29, 1.82) is 0 Å². The first kappa shape index (κ1) is 10.0. The second-order valence-corrected chi connectivity index (χ2v) is 2.69. The molecule has 0 radical (unpaired) electrons. The van der Waals surface area contributed by atoms with Gasteiger partial charge < -0.3 is 29.6 Å². The molecular formula is C8H16O6. The zero-order valence-electron chi connectivity index (χ0n) is 9.57. The predicted octanol–water partition coefficient (Wildman–Crippen LogP) is -2.07. The van der Waals surface area contributed by atoms with Gasteiger partial charge in [0.05, 0.1) is 9.35 Å². The highest BCUT2D eigenvalue weighted by Crippen LogP contribution is 2.08. The van der Waals surface area contributed by atoms with Crippen LogP contribution >= 0.6 is 0 Å². The molecule has 0 fully saturated rings. The molecule has 0 aliphatic rings. The minimum Gasteiger partial charge on any atom is -0.388 e. The third-order valence-corrected chi connectivity index (χ3v) is 1.69. The molecule has 0 spiro atoms. The molecule has 6 heteroatoms. The standard InChI is InChI=1S/C8H16O6/c1-13-4-6(11)8(14-2)7(12)5(10)3-9/h3,5-8,10-12H,4H2,1-2H3/t5-,6-,7-,8-/m1/s1/i1D,2D. The van der Waals surface area contributed by atoms with Gasteiger partial charge in [0.25, 0.3) is 0 Å². The molecule has 0 bridgehead atoms. The molecule has 0 saturated heterocycles. The van der Waals surface area contributed by atoms with E-state index in [2.05, 4.69) is 4.74 Å². The molecule has 84 valence electrons. The molecule has 3 N–H and O–H groups in total. The number of carbonyl (C=O) groups is 1. The quantitative estimate of drug-likeness (QED) is 0.418. The van der Waals surface area contributed by atoms with Crippen LogP contribution in [-0.4, -0.2) is 66.8 Å². The molecule has 0 aromatic heterocycles. The number of aldehydes is 1. The van der Waals surface area contributed by atoms with Crippen molar-refractivity contribution >= 4 is 6.29 Å². The Labute approximate surface area is 84.9 Å². The van der Waals surface area contributed by atoms with Crippen LogP contribution in [0.3, 0.4) is 0 Å². The Kier molecular flexibility index (Phi) is 4.90. The fraction of sp³-hybridized carbons (Fsp3) is 0.875. The van der Waals surface area contributed by atoms with Crippen LogP contribution in [-0.2, 0) is 14.3 Å². The van der Waals surface area contributed by atoms with Gasteiger partial charge in [-0.1, -0.05) is 0 Å². The summed E-state index contributed by atoms with van der Waals surface area (Å²) in [6.07, 6.45) is -5.90. The van der Waals surface area contributed by atoms with Crippen LogP contribution in [0.25, 0.3) is 0 Å². The summed E-state index contributed by atoms with van der Waals surface area (Å²) in [4.78, 5) is 10.2. The van der Waals surface area contributed by atoms with E-state index in [0.29, 0.717) is 0 Å². The Morgan fingerprint density at radius 2 is 2.14 bits per heavy atom. The highest BCUT2D eigenvalue weighted by molar-refractivity contribution is 5.56. The third-order valence-electron chi connectivity index (χ3n) is 1.69. The zero-order chi connectivity index (χ0) is 12.6. The van der Waals surface area contributed by atoms with Gasteiger partial charge >= 0.3 is 0 Å². The van der Waals surface area contributed by atoms with Gasteiger partial charge in [-0.25, -0.2) is 0 Å². The second-order valence-electron chi connectivity index (χ2n) is 2.69. The first-order valence-electron chi connectivity index (χ1n) is 5.27. The molecule has 0 aliphatic heterocycles. The maximum absolute atomic E-state index is 10.2. The molecule has 0 unspecified atom stereocenters. The van der Waals surface area contributed by atoms with E-state index in [1.807, 2.05) is 0 Å². The maximum atomic E-state index is 10.2. The monoisotopic (exact) mass is 210 g/mol. The molecule has 0 saturated carbocycles. The molecule has 4 atom stereocenters. The van der Waals surface area contributed by atoms with Gasteiger partial charge in [-0.3, -0.25) is 0 Å². The van der Waals surface area contributed by atoms with Crippen molar-refractivity contribution < 1.29 is 32.3 Å². The third kappa shape index (κ3) is 3.69. The Balaban J connectivity index is 4.38. The zero-order valence-corrected chi connectivity index (χ0v) is 7.57. The van der Waals surface area contributed by atoms with Gasteiger partial charge in [0.1, 0.15) is 24.4 Å². The lowest BCUT2D eigenvalue weighted by molar-refractivity contribution is -0.144. The van der Waals surface area contributed by atoms with Crippen molar-refractivity contribution in [2.75, 3.05) is 20.8 Å². The molecule has 0 aliphatic carbocycles. The lowest BCUT2D eigenvalue weighted by Crippen LogP contribution is -2.47. The number of ether oxygens (including phenoxy) is 2. The minimum absolute atomic E-state index is 0.100. The van der Waals surface area contributed by atoms with Crippen molar-refractivity contribution in [3.63, 3.8) is 0 Å². The van der Waals surface area contributed by atoms with E-state index < -0.39 is 31.5 Å². The van der Waals surface area contributed by atoms with Gasteiger partial charge in [-0.05, 0) is 0 Å². The van der Waals surface area contributed by atoms with Crippen LogP contribution in [0.1, 0.15) is 2.74 Å². The fourth-order valence-corrected chi connectivity index (χ4v) is 0.928. The summed E-state index contributed by atoms with van der Waals surface area (Å²) in [5.74, 6) is 0. The van der Waals surface area contributed by atoms with Crippen molar-refractivity contribution in [2.45, 2.75) is 24.4 Å². The number of rotatable bonds is 7. The minimum atomic E-state index is -1.71. The number of methoxy groups -OCH3 is 2.